The van der Waals surface area contributed by atoms with Crippen LogP contribution in [0.5, 0.6) is 0 Å². The lowest BCUT2D eigenvalue weighted by Gasteiger charge is -2.12. The van der Waals surface area contributed by atoms with Gasteiger partial charge in [0.25, 0.3) is 0 Å². The van der Waals surface area contributed by atoms with Gasteiger partial charge in [0.15, 0.2) is 0 Å². The highest BCUT2D eigenvalue weighted by atomic mass is 16.5. The smallest absolute Gasteiger partial charge is 0.0897 e. The van der Waals surface area contributed by atoms with Crippen LogP contribution in [0.1, 0.15) is 12.0 Å². The minimum absolute atomic E-state index is 0.356. The van der Waals surface area contributed by atoms with Crippen molar-refractivity contribution in [1.82, 2.24) is 5.32 Å². The van der Waals surface area contributed by atoms with Gasteiger partial charge in [-0.05, 0) is 24.9 Å². The van der Waals surface area contributed by atoms with Crippen LogP contribution in [0.2, 0.25) is 0 Å². The molecular formula is C15H25NO3. The number of hydrogen-bond acceptors (Lipinski definition) is 4. The van der Waals surface area contributed by atoms with Gasteiger partial charge in [0.2, 0.25) is 0 Å². The van der Waals surface area contributed by atoms with Gasteiger partial charge in [-0.3, -0.25) is 0 Å². The van der Waals surface area contributed by atoms with Gasteiger partial charge in [-0.25, -0.2) is 0 Å². The molecular weight excluding hydrogens is 242 g/mol. The Kier molecular flexibility index (Phi) is 9.27. The first-order chi connectivity index (χ1) is 9.33. The van der Waals surface area contributed by atoms with E-state index in [4.69, 9.17) is 9.47 Å². The molecule has 1 aromatic carbocycles. The Morgan fingerprint density at radius 2 is 2.00 bits per heavy atom. The monoisotopic (exact) mass is 267 g/mol. The van der Waals surface area contributed by atoms with Crippen molar-refractivity contribution in [3.05, 3.63) is 35.9 Å². The molecule has 0 spiro atoms. The normalized spacial score (nSPS) is 12.5. The number of hydrogen-bond donors (Lipinski definition) is 2. The summed E-state index contributed by atoms with van der Waals surface area (Å²) >= 11 is 0. The van der Waals surface area contributed by atoms with Crippen LogP contribution >= 0.6 is 0 Å². The van der Waals surface area contributed by atoms with Crippen LogP contribution in [-0.2, 0) is 15.9 Å². The fourth-order valence-corrected chi connectivity index (χ4v) is 1.75. The largest absolute Gasteiger partial charge is 0.389 e. The molecule has 2 N–H and O–H groups in total. The van der Waals surface area contributed by atoms with Gasteiger partial charge in [-0.15, -0.1) is 0 Å². The van der Waals surface area contributed by atoms with E-state index in [1.807, 2.05) is 6.07 Å². The van der Waals surface area contributed by atoms with Gasteiger partial charge in [-0.1, -0.05) is 30.3 Å². The standard InChI is InChI=1S/C15H25NO3/c1-18-10-11-19-13-15(17)12-16-9-5-8-14-6-3-2-4-7-14/h2-4,6-7,15-17H,5,8-13H2,1H3. The van der Waals surface area contributed by atoms with Crippen molar-refractivity contribution in [2.45, 2.75) is 18.9 Å². The van der Waals surface area contributed by atoms with E-state index in [0.717, 1.165) is 19.4 Å². The fraction of sp³-hybridized carbons (Fsp3) is 0.600. The lowest BCUT2D eigenvalue weighted by molar-refractivity contribution is 0.0139. The zero-order valence-corrected chi connectivity index (χ0v) is 11.7. The molecule has 0 aromatic heterocycles. The Labute approximate surface area is 115 Å². The predicted molar refractivity (Wildman–Crippen MR) is 76.3 cm³/mol. The Morgan fingerprint density at radius 1 is 1.21 bits per heavy atom. The van der Waals surface area contributed by atoms with Crippen LogP contribution in [0.15, 0.2) is 30.3 Å². The number of ether oxygens (including phenoxy) is 2. The number of benzene rings is 1. The van der Waals surface area contributed by atoms with Gasteiger partial charge < -0.3 is 19.9 Å². The summed E-state index contributed by atoms with van der Waals surface area (Å²) < 4.78 is 10.1. The Balaban J connectivity index is 1.92. The maximum absolute atomic E-state index is 9.64. The molecule has 4 heteroatoms. The van der Waals surface area contributed by atoms with E-state index >= 15 is 0 Å². The maximum atomic E-state index is 9.64. The summed E-state index contributed by atoms with van der Waals surface area (Å²) in [6.45, 7) is 2.93. The number of nitrogens with one attached hydrogen (secondary N) is 1. The van der Waals surface area contributed by atoms with Gasteiger partial charge in [0, 0.05) is 13.7 Å². The molecule has 0 fully saturated rings. The van der Waals surface area contributed by atoms with E-state index in [2.05, 4.69) is 29.6 Å². The SMILES string of the molecule is COCCOCC(O)CNCCCc1ccccc1. The summed E-state index contributed by atoms with van der Waals surface area (Å²) in [5.41, 5.74) is 1.35. The van der Waals surface area contributed by atoms with Gasteiger partial charge >= 0.3 is 0 Å². The van der Waals surface area contributed by atoms with Crippen molar-refractivity contribution in [1.29, 1.82) is 0 Å². The van der Waals surface area contributed by atoms with Crippen molar-refractivity contribution in [2.75, 3.05) is 40.0 Å². The quantitative estimate of drug-likeness (QED) is 0.592. The Hall–Kier alpha value is -0.940. The third-order valence-electron chi connectivity index (χ3n) is 2.78. The third-order valence-corrected chi connectivity index (χ3v) is 2.78. The number of aryl methyl sites for hydroxylation is 1. The molecule has 4 nitrogen and oxygen atoms in total. The minimum atomic E-state index is -0.450. The first kappa shape index (κ1) is 16.1. The molecule has 108 valence electrons. The van der Waals surface area contributed by atoms with E-state index in [1.54, 1.807) is 7.11 Å². The topological polar surface area (TPSA) is 50.7 Å². The lowest BCUT2D eigenvalue weighted by atomic mass is 10.1. The molecule has 0 aliphatic heterocycles. The number of methoxy groups -OCH3 is 1. The number of rotatable bonds is 11. The number of aliphatic hydroxyl groups is 1. The second-order valence-corrected chi connectivity index (χ2v) is 4.51. The molecule has 0 radical (unpaired) electrons. The second kappa shape index (κ2) is 10.9. The van der Waals surface area contributed by atoms with E-state index < -0.39 is 6.10 Å². The van der Waals surface area contributed by atoms with Crippen molar-refractivity contribution >= 4 is 0 Å². The highest BCUT2D eigenvalue weighted by Crippen LogP contribution is 2.01. The first-order valence-electron chi connectivity index (χ1n) is 6.82. The van der Waals surface area contributed by atoms with Gasteiger partial charge in [-0.2, -0.15) is 0 Å². The van der Waals surface area contributed by atoms with Crippen molar-refractivity contribution < 1.29 is 14.6 Å². The molecule has 0 bridgehead atoms. The van der Waals surface area contributed by atoms with E-state index in [1.165, 1.54) is 5.56 Å². The van der Waals surface area contributed by atoms with E-state index in [0.29, 0.717) is 26.4 Å². The molecule has 0 heterocycles. The second-order valence-electron chi connectivity index (χ2n) is 4.51. The van der Waals surface area contributed by atoms with E-state index in [9.17, 15) is 5.11 Å². The maximum Gasteiger partial charge on any atom is 0.0897 e. The molecule has 1 aromatic rings. The molecule has 19 heavy (non-hydrogen) atoms. The lowest BCUT2D eigenvalue weighted by Crippen LogP contribution is -2.31. The molecule has 1 atom stereocenters. The van der Waals surface area contributed by atoms with Crippen LogP contribution in [-0.4, -0.2) is 51.2 Å². The predicted octanol–water partition coefficient (Wildman–Crippen LogP) is 1.23. The van der Waals surface area contributed by atoms with Gasteiger partial charge in [0.1, 0.15) is 0 Å². The van der Waals surface area contributed by atoms with Crippen molar-refractivity contribution in [3.8, 4) is 0 Å². The van der Waals surface area contributed by atoms with Crippen LogP contribution in [0.25, 0.3) is 0 Å². The van der Waals surface area contributed by atoms with E-state index in [-0.39, 0.29) is 0 Å². The van der Waals surface area contributed by atoms with Crippen molar-refractivity contribution in [3.63, 3.8) is 0 Å². The van der Waals surface area contributed by atoms with Crippen LogP contribution in [0.3, 0.4) is 0 Å². The van der Waals surface area contributed by atoms with Gasteiger partial charge in [0.05, 0.1) is 25.9 Å². The van der Waals surface area contributed by atoms with Crippen LogP contribution < -0.4 is 5.32 Å². The molecule has 0 aliphatic carbocycles. The number of aliphatic hydroxyl groups excluding tert-OH is 1. The molecule has 0 amide bonds. The highest BCUT2D eigenvalue weighted by molar-refractivity contribution is 5.14. The zero-order valence-electron chi connectivity index (χ0n) is 11.7. The average molecular weight is 267 g/mol. The van der Waals surface area contributed by atoms with Crippen molar-refractivity contribution in [2.24, 2.45) is 0 Å². The summed E-state index contributed by atoms with van der Waals surface area (Å²) in [6.07, 6.45) is 1.68. The minimum Gasteiger partial charge on any atom is -0.389 e. The van der Waals surface area contributed by atoms with Crippen LogP contribution in [0.4, 0.5) is 0 Å². The highest BCUT2D eigenvalue weighted by Gasteiger charge is 2.03. The van der Waals surface area contributed by atoms with Crippen LogP contribution in [0, 0.1) is 0 Å². The molecule has 0 saturated heterocycles. The summed E-state index contributed by atoms with van der Waals surface area (Å²) in [6, 6.07) is 10.4. The average Bonchev–Trinajstić information content (AvgIpc) is 2.44. The Morgan fingerprint density at radius 3 is 2.74 bits per heavy atom. The molecule has 1 unspecified atom stereocenters. The molecule has 0 aliphatic rings. The molecule has 0 saturated carbocycles. The first-order valence-corrected chi connectivity index (χ1v) is 6.82. The summed E-state index contributed by atoms with van der Waals surface area (Å²) in [5, 5.41) is 12.9. The Bertz CT molecular complexity index is 306. The third kappa shape index (κ3) is 8.72. The summed E-state index contributed by atoms with van der Waals surface area (Å²) in [7, 11) is 1.63. The summed E-state index contributed by atoms with van der Waals surface area (Å²) in [5.74, 6) is 0. The summed E-state index contributed by atoms with van der Waals surface area (Å²) in [4.78, 5) is 0. The molecule has 1 rings (SSSR count). The zero-order chi connectivity index (χ0) is 13.8. The fourth-order valence-electron chi connectivity index (χ4n) is 1.75.